The molecule has 0 bridgehead atoms. The Morgan fingerprint density at radius 3 is 2.85 bits per heavy atom. The van der Waals surface area contributed by atoms with E-state index in [9.17, 15) is 9.59 Å². The maximum absolute atomic E-state index is 12.1. The Labute approximate surface area is 155 Å². The highest BCUT2D eigenvalue weighted by atomic mass is 32.2. The van der Waals surface area contributed by atoms with Crippen molar-refractivity contribution in [1.82, 2.24) is 9.97 Å². The first-order valence-corrected chi connectivity index (χ1v) is 9.20. The third-order valence-corrected chi connectivity index (χ3v) is 4.51. The monoisotopic (exact) mass is 369 g/mol. The molecule has 3 aromatic rings. The average molecular weight is 369 g/mol. The first-order chi connectivity index (χ1) is 12.5. The molecule has 0 aliphatic rings. The summed E-state index contributed by atoms with van der Waals surface area (Å²) in [5.74, 6) is 0.793. The van der Waals surface area contributed by atoms with Crippen LogP contribution < -0.4 is 10.1 Å². The van der Waals surface area contributed by atoms with E-state index in [0.29, 0.717) is 23.0 Å². The Hall–Kier alpha value is -2.80. The largest absolute Gasteiger partial charge is 0.494 e. The molecule has 1 aromatic heterocycles. The number of carbonyl (C=O) groups excluding carboxylic acids is 2. The van der Waals surface area contributed by atoms with Gasteiger partial charge >= 0.3 is 0 Å². The number of aromatic amines is 1. The molecule has 134 valence electrons. The second-order valence-electron chi connectivity index (χ2n) is 5.63. The standard InChI is InChI=1S/C19H19N3O3S/c1-3-25-15-7-8-16-17(10-15)22-19(21-16)26-11-18(24)20-14-6-4-5-13(9-14)12(2)23/h4-10H,3,11H2,1-2H3,(H,20,24)(H,21,22). The van der Waals surface area contributed by atoms with Crippen molar-refractivity contribution in [3.63, 3.8) is 0 Å². The molecule has 0 aliphatic carbocycles. The maximum atomic E-state index is 12.1. The fraction of sp³-hybridized carbons (Fsp3) is 0.211. The van der Waals surface area contributed by atoms with E-state index in [1.165, 1.54) is 18.7 Å². The van der Waals surface area contributed by atoms with Crippen LogP contribution in [0.2, 0.25) is 0 Å². The van der Waals surface area contributed by atoms with Gasteiger partial charge in [0, 0.05) is 17.3 Å². The van der Waals surface area contributed by atoms with Crippen molar-refractivity contribution in [3.05, 3.63) is 48.0 Å². The minimum atomic E-state index is -0.161. The van der Waals surface area contributed by atoms with Gasteiger partial charge in [0.25, 0.3) is 0 Å². The van der Waals surface area contributed by atoms with Crippen LogP contribution in [0.1, 0.15) is 24.2 Å². The second-order valence-corrected chi connectivity index (χ2v) is 6.59. The maximum Gasteiger partial charge on any atom is 0.234 e. The molecule has 26 heavy (non-hydrogen) atoms. The molecule has 1 amide bonds. The molecule has 0 aliphatic heterocycles. The quantitative estimate of drug-likeness (QED) is 0.487. The van der Waals surface area contributed by atoms with Gasteiger partial charge < -0.3 is 15.0 Å². The number of rotatable bonds is 7. The summed E-state index contributed by atoms with van der Waals surface area (Å²) in [6, 6.07) is 12.5. The first-order valence-electron chi connectivity index (χ1n) is 8.21. The average Bonchev–Trinajstić information content (AvgIpc) is 3.03. The van der Waals surface area contributed by atoms with Crippen molar-refractivity contribution in [2.45, 2.75) is 19.0 Å². The molecular formula is C19H19N3O3S. The Morgan fingerprint density at radius 2 is 2.08 bits per heavy atom. The number of ketones is 1. The minimum absolute atomic E-state index is 0.0378. The lowest BCUT2D eigenvalue weighted by molar-refractivity contribution is -0.113. The number of nitrogens with zero attached hydrogens (tertiary/aromatic N) is 1. The van der Waals surface area contributed by atoms with Crippen molar-refractivity contribution < 1.29 is 14.3 Å². The predicted octanol–water partition coefficient (Wildman–Crippen LogP) is 3.90. The third-order valence-electron chi connectivity index (χ3n) is 3.64. The number of amides is 1. The Balaban J connectivity index is 1.61. The van der Waals surface area contributed by atoms with Gasteiger partial charge in [0.15, 0.2) is 10.9 Å². The van der Waals surface area contributed by atoms with Crippen LogP contribution in [0.5, 0.6) is 5.75 Å². The molecule has 3 rings (SSSR count). The van der Waals surface area contributed by atoms with Crippen LogP contribution in [0.4, 0.5) is 5.69 Å². The van der Waals surface area contributed by atoms with Crippen LogP contribution in [-0.4, -0.2) is 34.0 Å². The lowest BCUT2D eigenvalue weighted by atomic mass is 10.1. The molecule has 0 spiro atoms. The minimum Gasteiger partial charge on any atom is -0.494 e. The van der Waals surface area contributed by atoms with Crippen LogP contribution in [0.25, 0.3) is 11.0 Å². The third kappa shape index (κ3) is 4.43. The molecule has 0 saturated carbocycles. The Kier molecular flexibility index (Phi) is 5.58. The molecule has 0 atom stereocenters. The van der Waals surface area contributed by atoms with E-state index in [1.807, 2.05) is 25.1 Å². The highest BCUT2D eigenvalue weighted by molar-refractivity contribution is 7.99. The molecule has 0 unspecified atom stereocenters. The predicted molar refractivity (Wildman–Crippen MR) is 103 cm³/mol. The summed E-state index contributed by atoms with van der Waals surface area (Å²) in [6.45, 7) is 4.03. The van der Waals surface area contributed by atoms with Crippen molar-refractivity contribution in [2.75, 3.05) is 17.7 Å². The summed E-state index contributed by atoms with van der Waals surface area (Å²) in [4.78, 5) is 31.2. The van der Waals surface area contributed by atoms with Crippen LogP contribution in [-0.2, 0) is 4.79 Å². The molecule has 0 saturated heterocycles. The van der Waals surface area contributed by atoms with Gasteiger partial charge in [-0.3, -0.25) is 9.59 Å². The van der Waals surface area contributed by atoms with Gasteiger partial charge in [0.2, 0.25) is 5.91 Å². The molecule has 1 heterocycles. The summed E-state index contributed by atoms with van der Waals surface area (Å²) in [5, 5.41) is 3.46. The zero-order valence-corrected chi connectivity index (χ0v) is 15.4. The number of fused-ring (bicyclic) bond motifs is 1. The summed E-state index contributed by atoms with van der Waals surface area (Å²) in [6.07, 6.45) is 0. The molecule has 2 N–H and O–H groups in total. The summed E-state index contributed by atoms with van der Waals surface area (Å²) in [7, 11) is 0. The Bertz CT molecular complexity index is 952. The number of imidazole rings is 1. The summed E-state index contributed by atoms with van der Waals surface area (Å²) < 4.78 is 5.47. The lowest BCUT2D eigenvalue weighted by Crippen LogP contribution is -2.14. The van der Waals surface area contributed by atoms with Crippen LogP contribution in [0.3, 0.4) is 0 Å². The number of Topliss-reactive ketones (excluding diaryl/α,β-unsaturated/α-hetero) is 1. The molecule has 7 heteroatoms. The van der Waals surface area contributed by atoms with E-state index in [4.69, 9.17) is 4.74 Å². The fourth-order valence-electron chi connectivity index (χ4n) is 2.44. The smallest absolute Gasteiger partial charge is 0.234 e. The number of H-pyrrole nitrogens is 1. The van der Waals surface area contributed by atoms with Crippen LogP contribution in [0, 0.1) is 0 Å². The Morgan fingerprint density at radius 1 is 1.23 bits per heavy atom. The zero-order valence-electron chi connectivity index (χ0n) is 14.5. The van der Waals surface area contributed by atoms with Crippen LogP contribution in [0.15, 0.2) is 47.6 Å². The van der Waals surface area contributed by atoms with Gasteiger partial charge in [-0.15, -0.1) is 0 Å². The van der Waals surface area contributed by atoms with Gasteiger partial charge in [-0.25, -0.2) is 4.98 Å². The van der Waals surface area contributed by atoms with E-state index in [2.05, 4.69) is 15.3 Å². The summed E-state index contributed by atoms with van der Waals surface area (Å²) >= 11 is 1.32. The molecule has 0 fully saturated rings. The second kappa shape index (κ2) is 8.05. The van der Waals surface area contributed by atoms with Gasteiger partial charge in [0.05, 0.1) is 23.4 Å². The van der Waals surface area contributed by atoms with Crippen molar-refractivity contribution >= 4 is 40.2 Å². The fourth-order valence-corrected chi connectivity index (χ4v) is 3.12. The number of hydrogen-bond acceptors (Lipinski definition) is 5. The number of hydrogen-bond donors (Lipinski definition) is 2. The van der Waals surface area contributed by atoms with Gasteiger partial charge in [-0.1, -0.05) is 23.9 Å². The lowest BCUT2D eigenvalue weighted by Gasteiger charge is -2.05. The highest BCUT2D eigenvalue weighted by Gasteiger charge is 2.09. The highest BCUT2D eigenvalue weighted by Crippen LogP contribution is 2.23. The normalized spacial score (nSPS) is 10.7. The number of benzene rings is 2. The van der Waals surface area contributed by atoms with E-state index in [-0.39, 0.29) is 17.4 Å². The van der Waals surface area contributed by atoms with Crippen molar-refractivity contribution in [2.24, 2.45) is 0 Å². The van der Waals surface area contributed by atoms with Gasteiger partial charge in [-0.2, -0.15) is 0 Å². The number of aromatic nitrogens is 2. The van der Waals surface area contributed by atoms with E-state index in [0.717, 1.165) is 16.8 Å². The van der Waals surface area contributed by atoms with Crippen molar-refractivity contribution in [3.8, 4) is 5.75 Å². The number of anilines is 1. The first kappa shape index (κ1) is 18.0. The topological polar surface area (TPSA) is 84.1 Å². The molecular weight excluding hydrogens is 350 g/mol. The van der Waals surface area contributed by atoms with Gasteiger partial charge in [0.1, 0.15) is 5.75 Å². The molecule has 0 radical (unpaired) electrons. The molecule has 6 nitrogen and oxygen atoms in total. The SMILES string of the molecule is CCOc1ccc2nc(SCC(=O)Nc3cccc(C(C)=O)c3)[nH]c2c1. The van der Waals surface area contributed by atoms with Crippen LogP contribution >= 0.6 is 11.8 Å². The van der Waals surface area contributed by atoms with Gasteiger partial charge in [-0.05, 0) is 38.1 Å². The molecule has 2 aromatic carbocycles. The van der Waals surface area contributed by atoms with E-state index >= 15 is 0 Å². The number of thioether (sulfide) groups is 1. The van der Waals surface area contributed by atoms with E-state index < -0.39 is 0 Å². The number of nitrogens with one attached hydrogen (secondary N) is 2. The number of ether oxygens (including phenoxy) is 1. The summed E-state index contributed by atoms with van der Waals surface area (Å²) in [5.41, 5.74) is 2.87. The number of carbonyl (C=O) groups is 2. The zero-order chi connectivity index (χ0) is 18.5. The van der Waals surface area contributed by atoms with Crippen molar-refractivity contribution in [1.29, 1.82) is 0 Å². The van der Waals surface area contributed by atoms with E-state index in [1.54, 1.807) is 24.3 Å².